The summed E-state index contributed by atoms with van der Waals surface area (Å²) < 4.78 is 14.7. The van der Waals surface area contributed by atoms with Gasteiger partial charge in [0.15, 0.2) is 0 Å². The molecule has 2 unspecified atom stereocenters. The first-order valence-corrected chi connectivity index (χ1v) is 7.16. The van der Waals surface area contributed by atoms with Crippen molar-refractivity contribution in [2.24, 2.45) is 5.92 Å². The third-order valence-corrected chi connectivity index (χ3v) is 3.08. The molecule has 2 heterocycles. The molecule has 0 aliphatic carbocycles. The molecule has 1 aliphatic heterocycles. The van der Waals surface area contributed by atoms with Crippen LogP contribution in [0.5, 0.6) is 0 Å². The van der Waals surface area contributed by atoms with E-state index >= 15 is 0 Å². The van der Waals surface area contributed by atoms with Gasteiger partial charge in [-0.3, -0.25) is 9.80 Å². The minimum Gasteiger partial charge on any atom is -0.481 e. The lowest BCUT2D eigenvalue weighted by molar-refractivity contribution is -0.142. The van der Waals surface area contributed by atoms with Gasteiger partial charge in [0.2, 0.25) is 0 Å². The number of carboxylic acid groups (broad SMARTS) is 1. The number of hydrogen-bond donors (Lipinski definition) is 1. The Balaban J connectivity index is 1.78. The van der Waals surface area contributed by atoms with E-state index in [1.165, 1.54) is 11.9 Å². The highest BCUT2D eigenvalue weighted by molar-refractivity contribution is 5.70. The van der Waals surface area contributed by atoms with E-state index in [-0.39, 0.29) is 6.10 Å². The fraction of sp³-hybridized carbons (Fsp3) is 0.833. The number of aromatic nitrogens is 2. The zero-order valence-electron chi connectivity index (χ0n) is 12.8. The molecule has 0 saturated carbocycles. The van der Waals surface area contributed by atoms with Gasteiger partial charge in [-0.1, -0.05) is 0 Å². The lowest BCUT2D eigenvalue weighted by atomic mass is 10.00. The highest BCUT2D eigenvalue weighted by Gasteiger charge is 2.31. The average Bonchev–Trinajstić information content (AvgIpc) is 3.16. The molecule has 2 rings (SSSR count). The molecule has 1 aliphatic rings. The van der Waals surface area contributed by atoms with Crippen LogP contribution in [0.2, 0.25) is 0 Å². The summed E-state index contributed by atoms with van der Waals surface area (Å²) in [6, 6.07) is 0. The molecule has 0 spiro atoms. The number of rotatable bonds is 6. The number of ether oxygens (including phenoxy) is 2. The number of carboxylic acids is 1. The lowest BCUT2D eigenvalue weighted by Gasteiger charge is -2.26. The Labute approximate surface area is 126 Å². The normalized spacial score (nSPS) is 20.0. The van der Waals surface area contributed by atoms with Crippen LogP contribution in [0, 0.1) is 5.92 Å². The van der Waals surface area contributed by atoms with Crippen LogP contribution in [-0.2, 0) is 14.3 Å². The zero-order chi connectivity index (χ0) is 16.3. The Morgan fingerprint density at radius 3 is 2.64 bits per heavy atom. The summed E-state index contributed by atoms with van der Waals surface area (Å²) in [7, 11) is 0. The Bertz CT molecular complexity index is 503. The first-order chi connectivity index (χ1) is 10.4. The topological polar surface area (TPSA) is 108 Å². The Morgan fingerprint density at radius 2 is 2.00 bits per heavy atom. The molecule has 0 radical (unpaired) electrons. The van der Waals surface area contributed by atoms with Gasteiger partial charge in [-0.15, -0.1) is 0 Å². The first kappa shape index (κ1) is 16.1. The Hall–Kier alpha value is -2.26. The monoisotopic (exact) mass is 319 g/mol. The molecular weight excluding hydrogens is 298 g/mol. The molecule has 0 aromatic carbocycles. The molecule has 1 N–H and O–H groups in total. The van der Waals surface area contributed by atoms with E-state index in [2.05, 4.69) is 0 Å². The molecular formula is C12H21N3O7. The van der Waals surface area contributed by atoms with E-state index in [0.29, 0.717) is 19.5 Å². The molecule has 10 heteroatoms. The molecule has 10 nitrogen and oxygen atoms in total. The molecule has 0 amide bonds. The van der Waals surface area contributed by atoms with Crippen LogP contribution in [0.1, 0.15) is 33.6 Å². The first-order valence-electron chi connectivity index (χ1n) is 7.16. The third-order valence-electron chi connectivity index (χ3n) is 3.08. The fourth-order valence-corrected chi connectivity index (χ4v) is 2.08. The van der Waals surface area contributed by atoms with Gasteiger partial charge >= 0.3 is 12.1 Å². The van der Waals surface area contributed by atoms with E-state index in [4.69, 9.17) is 24.0 Å². The van der Waals surface area contributed by atoms with Gasteiger partial charge in [-0.25, -0.2) is 4.79 Å². The van der Waals surface area contributed by atoms with Crippen LogP contribution in [0.15, 0.2) is 4.63 Å². The van der Waals surface area contributed by atoms with Gasteiger partial charge in [0.25, 0.3) is 6.29 Å². The van der Waals surface area contributed by atoms with Crippen LogP contribution < -0.4 is 9.85 Å². The number of carbonyl (C=O) groups excluding carboxylic acids is 1. The summed E-state index contributed by atoms with van der Waals surface area (Å²) >= 11 is 0. The fourth-order valence-electron chi connectivity index (χ4n) is 2.08. The van der Waals surface area contributed by atoms with E-state index in [0.717, 1.165) is 11.4 Å². The van der Waals surface area contributed by atoms with Gasteiger partial charge < -0.3 is 19.4 Å². The van der Waals surface area contributed by atoms with Crippen LogP contribution in [0.3, 0.4) is 0 Å². The summed E-state index contributed by atoms with van der Waals surface area (Å²) in [6.07, 6.45) is -0.635. The number of hydrogen-bond acceptors (Lipinski definition) is 7. The van der Waals surface area contributed by atoms with Crippen molar-refractivity contribution < 1.29 is 33.6 Å². The summed E-state index contributed by atoms with van der Waals surface area (Å²) in [5.41, 5.74) is 0. The van der Waals surface area contributed by atoms with E-state index in [1.54, 1.807) is 18.9 Å². The van der Waals surface area contributed by atoms with Gasteiger partial charge in [-0.05, 0) is 26.7 Å². The van der Waals surface area contributed by atoms with Crippen molar-refractivity contribution in [1.82, 2.24) is 9.98 Å². The summed E-state index contributed by atoms with van der Waals surface area (Å²) in [5, 5.41) is 11.8. The van der Waals surface area contributed by atoms with Gasteiger partial charge in [0.05, 0.1) is 18.6 Å². The van der Waals surface area contributed by atoms with Crippen molar-refractivity contribution in [2.75, 3.05) is 18.1 Å². The van der Waals surface area contributed by atoms with E-state index < -0.39 is 24.3 Å². The molecule has 126 valence electrons. The van der Waals surface area contributed by atoms with E-state index in [1.807, 2.05) is 0 Å². The number of carbonyl (C=O) groups is 2. The summed E-state index contributed by atoms with van der Waals surface area (Å²) in [4.78, 5) is 28.8. The maximum Gasteiger partial charge on any atom is 0.511 e. The van der Waals surface area contributed by atoms with Crippen LogP contribution >= 0.6 is 0 Å². The molecule has 0 bridgehead atoms. The molecule has 22 heavy (non-hydrogen) atoms. The Kier molecular flexibility index (Phi) is 4.88. The second-order valence-corrected chi connectivity index (χ2v) is 5.37. The van der Waals surface area contributed by atoms with Crippen molar-refractivity contribution in [1.29, 1.82) is 0 Å². The van der Waals surface area contributed by atoms with Crippen LogP contribution in [-0.4, -0.2) is 52.7 Å². The Morgan fingerprint density at radius 1 is 1.27 bits per heavy atom. The summed E-state index contributed by atoms with van der Waals surface area (Å²) in [5.74, 6) is -1.26. The van der Waals surface area contributed by atoms with Crippen molar-refractivity contribution in [3.8, 4) is 0 Å². The lowest BCUT2D eigenvalue weighted by Crippen LogP contribution is -2.44. The van der Waals surface area contributed by atoms with Gasteiger partial charge in [-0.2, -0.15) is 4.63 Å². The van der Waals surface area contributed by atoms with Gasteiger partial charge in [0.1, 0.15) is 5.02 Å². The SMILES string of the molecule is CC(C)OC(=O)OC(C)On1on1N1CCCC(C(=O)O)C1. The average molecular weight is 319 g/mol. The number of nitrogens with zero attached hydrogens (tertiary/aromatic N) is 3. The van der Waals surface area contributed by atoms with Crippen molar-refractivity contribution in [2.45, 2.75) is 46.0 Å². The molecule has 1 saturated heterocycles. The van der Waals surface area contributed by atoms with Crippen molar-refractivity contribution in [3.05, 3.63) is 0 Å². The van der Waals surface area contributed by atoms with Crippen molar-refractivity contribution in [3.63, 3.8) is 0 Å². The number of aliphatic carboxylic acids is 1. The maximum absolute atomic E-state index is 11.3. The second kappa shape index (κ2) is 6.67. The molecule has 1 aromatic rings. The van der Waals surface area contributed by atoms with E-state index in [9.17, 15) is 9.59 Å². The van der Waals surface area contributed by atoms with Crippen molar-refractivity contribution >= 4 is 12.1 Å². The third kappa shape index (κ3) is 4.37. The smallest absolute Gasteiger partial charge is 0.481 e. The highest BCUT2D eigenvalue weighted by atomic mass is 17.0. The minimum atomic E-state index is -0.906. The quantitative estimate of drug-likeness (QED) is 0.601. The second-order valence-electron chi connectivity index (χ2n) is 5.37. The van der Waals surface area contributed by atoms with Crippen LogP contribution in [0.4, 0.5) is 4.79 Å². The molecule has 2 atom stereocenters. The predicted molar refractivity (Wildman–Crippen MR) is 71.7 cm³/mol. The summed E-state index contributed by atoms with van der Waals surface area (Å²) in [6.45, 7) is 5.92. The van der Waals surface area contributed by atoms with Gasteiger partial charge in [0, 0.05) is 18.4 Å². The highest BCUT2D eigenvalue weighted by Crippen LogP contribution is 2.17. The number of piperidine rings is 1. The predicted octanol–water partition coefficient (Wildman–Crippen LogP) is 0.651. The molecule has 1 aromatic heterocycles. The minimum absolute atomic E-state index is 0.282. The molecule has 1 fully saturated rings. The standard InChI is InChI=1S/C12H21N3O7/c1-8(2)19-12(18)20-9(3)21-15-14(22-15)13-6-4-5-10(7-13)11(16)17/h8-10H,4-7H2,1-3H3,(H,16,17). The maximum atomic E-state index is 11.3. The largest absolute Gasteiger partial charge is 0.511 e. The van der Waals surface area contributed by atoms with Crippen LogP contribution in [0.25, 0.3) is 0 Å². The zero-order valence-corrected chi connectivity index (χ0v) is 12.8.